The first kappa shape index (κ1) is 17.3. The van der Waals surface area contributed by atoms with Crippen LogP contribution in [0.25, 0.3) is 0 Å². The van der Waals surface area contributed by atoms with Gasteiger partial charge in [-0.05, 0) is 26.0 Å². The van der Waals surface area contributed by atoms with Gasteiger partial charge in [-0.2, -0.15) is 0 Å². The summed E-state index contributed by atoms with van der Waals surface area (Å²) in [6.07, 6.45) is 0.477. The molecule has 1 amide bonds. The number of guanidine groups is 1. The van der Waals surface area contributed by atoms with Crippen molar-refractivity contribution in [2.24, 2.45) is 4.99 Å². The first-order chi connectivity index (χ1) is 11.2. The lowest BCUT2D eigenvalue weighted by atomic mass is 10.2. The van der Waals surface area contributed by atoms with Crippen molar-refractivity contribution < 1.29 is 9.53 Å². The van der Waals surface area contributed by atoms with Gasteiger partial charge in [0.05, 0.1) is 19.2 Å². The zero-order valence-electron chi connectivity index (χ0n) is 13.9. The fourth-order valence-electron chi connectivity index (χ4n) is 2.54. The normalized spacial score (nSPS) is 18.3. The highest BCUT2D eigenvalue weighted by atomic mass is 16.5. The summed E-state index contributed by atoms with van der Waals surface area (Å²) in [5.41, 5.74) is 0.945. The molecule has 0 spiro atoms. The quantitative estimate of drug-likeness (QED) is 0.453. The van der Waals surface area contributed by atoms with Gasteiger partial charge in [0.15, 0.2) is 5.96 Å². The molecule has 1 fully saturated rings. The highest BCUT2D eigenvalue weighted by Crippen LogP contribution is 2.20. The van der Waals surface area contributed by atoms with Crippen molar-refractivity contribution in [2.45, 2.75) is 26.3 Å². The monoisotopic (exact) mass is 318 g/mol. The van der Waals surface area contributed by atoms with Crippen molar-refractivity contribution in [1.82, 2.24) is 10.6 Å². The van der Waals surface area contributed by atoms with Crippen molar-refractivity contribution in [2.75, 3.05) is 37.7 Å². The van der Waals surface area contributed by atoms with Crippen LogP contribution in [0.5, 0.6) is 0 Å². The Morgan fingerprint density at radius 2 is 2.13 bits per heavy atom. The Balaban J connectivity index is 1.92. The highest BCUT2D eigenvalue weighted by molar-refractivity contribution is 5.97. The Morgan fingerprint density at radius 3 is 2.83 bits per heavy atom. The van der Waals surface area contributed by atoms with Gasteiger partial charge in [-0.1, -0.05) is 18.2 Å². The van der Waals surface area contributed by atoms with Gasteiger partial charge in [0.2, 0.25) is 5.91 Å². The minimum absolute atomic E-state index is 0.0626. The lowest BCUT2D eigenvalue weighted by Crippen LogP contribution is -2.44. The number of ether oxygens (including phenoxy) is 1. The number of nitrogens with zero attached hydrogens (tertiary/aromatic N) is 2. The smallest absolute Gasteiger partial charge is 0.229 e. The zero-order chi connectivity index (χ0) is 16.5. The number of hydrogen-bond donors (Lipinski definition) is 2. The molecule has 23 heavy (non-hydrogen) atoms. The average Bonchev–Trinajstić information content (AvgIpc) is 2.93. The van der Waals surface area contributed by atoms with Crippen molar-refractivity contribution in [3.05, 3.63) is 30.3 Å². The lowest BCUT2D eigenvalue weighted by molar-refractivity contribution is -0.117. The van der Waals surface area contributed by atoms with Gasteiger partial charge in [0, 0.05) is 31.8 Å². The molecule has 1 aromatic rings. The van der Waals surface area contributed by atoms with Crippen LogP contribution in [-0.4, -0.2) is 50.8 Å². The Hall–Kier alpha value is -2.08. The lowest BCUT2D eigenvalue weighted by Gasteiger charge is -2.19. The molecule has 1 aliphatic rings. The summed E-state index contributed by atoms with van der Waals surface area (Å²) in [5, 5.41) is 6.55. The third-order valence-electron chi connectivity index (χ3n) is 3.59. The maximum Gasteiger partial charge on any atom is 0.229 e. The molecule has 2 N–H and O–H groups in total. The molecule has 6 nitrogen and oxygen atoms in total. The maximum atomic E-state index is 12.2. The highest BCUT2D eigenvalue weighted by Gasteiger charge is 2.30. The molecule has 6 heteroatoms. The largest absolute Gasteiger partial charge is 0.380 e. The van der Waals surface area contributed by atoms with E-state index in [9.17, 15) is 4.79 Å². The van der Waals surface area contributed by atoms with E-state index in [2.05, 4.69) is 15.6 Å². The molecular weight excluding hydrogens is 292 g/mol. The number of amides is 1. The average molecular weight is 318 g/mol. The standard InChI is InChI=1S/C17H26N4O2/c1-3-18-17(19-10-11-23-4-2)20-14-12-16(22)21(13-14)15-8-6-5-7-9-15/h5-9,14H,3-4,10-13H2,1-2H3,(H2,18,19,20). The van der Waals surface area contributed by atoms with Crippen LogP contribution in [0.4, 0.5) is 5.69 Å². The first-order valence-electron chi connectivity index (χ1n) is 8.22. The third-order valence-corrected chi connectivity index (χ3v) is 3.59. The van der Waals surface area contributed by atoms with Gasteiger partial charge in [0.25, 0.3) is 0 Å². The number of rotatable bonds is 7. The Labute approximate surface area is 137 Å². The van der Waals surface area contributed by atoms with E-state index in [1.54, 1.807) is 0 Å². The van der Waals surface area contributed by atoms with E-state index in [0.717, 1.165) is 18.2 Å². The van der Waals surface area contributed by atoms with Gasteiger partial charge in [-0.3, -0.25) is 9.79 Å². The summed E-state index contributed by atoms with van der Waals surface area (Å²) < 4.78 is 5.30. The van der Waals surface area contributed by atoms with Gasteiger partial charge in [-0.15, -0.1) is 0 Å². The van der Waals surface area contributed by atoms with E-state index in [1.165, 1.54) is 0 Å². The molecule has 0 aromatic heterocycles. The van der Waals surface area contributed by atoms with E-state index < -0.39 is 0 Å². The molecule has 0 aliphatic carbocycles. The molecule has 0 bridgehead atoms. The number of benzene rings is 1. The van der Waals surface area contributed by atoms with Gasteiger partial charge in [-0.25, -0.2) is 0 Å². The second-order valence-corrected chi connectivity index (χ2v) is 5.34. The molecular formula is C17H26N4O2. The minimum atomic E-state index is 0.0626. The Morgan fingerprint density at radius 1 is 1.35 bits per heavy atom. The predicted molar refractivity (Wildman–Crippen MR) is 92.8 cm³/mol. The van der Waals surface area contributed by atoms with E-state index in [4.69, 9.17) is 4.74 Å². The second kappa shape index (κ2) is 9.15. The molecule has 1 unspecified atom stereocenters. The molecule has 126 valence electrons. The molecule has 0 saturated carbocycles. The summed E-state index contributed by atoms with van der Waals surface area (Å²) in [6.45, 7) is 7.33. The van der Waals surface area contributed by atoms with E-state index in [-0.39, 0.29) is 11.9 Å². The van der Waals surface area contributed by atoms with Crippen LogP contribution in [0, 0.1) is 0 Å². The maximum absolute atomic E-state index is 12.2. The third kappa shape index (κ3) is 5.25. The van der Waals surface area contributed by atoms with Crippen LogP contribution in [0.3, 0.4) is 0 Å². The van der Waals surface area contributed by atoms with Crippen LogP contribution in [0.15, 0.2) is 35.3 Å². The molecule has 0 radical (unpaired) electrons. The van der Waals surface area contributed by atoms with Crippen LogP contribution >= 0.6 is 0 Å². The fourth-order valence-corrected chi connectivity index (χ4v) is 2.54. The number of carbonyl (C=O) groups excluding carboxylic acids is 1. The number of anilines is 1. The van der Waals surface area contributed by atoms with E-state index >= 15 is 0 Å². The van der Waals surface area contributed by atoms with Crippen LogP contribution in [0.1, 0.15) is 20.3 Å². The fraction of sp³-hybridized carbons (Fsp3) is 0.529. The molecule has 1 saturated heterocycles. The number of hydrogen-bond acceptors (Lipinski definition) is 3. The second-order valence-electron chi connectivity index (χ2n) is 5.34. The van der Waals surface area contributed by atoms with Gasteiger partial charge in [0.1, 0.15) is 0 Å². The van der Waals surface area contributed by atoms with Crippen molar-refractivity contribution in [3.8, 4) is 0 Å². The summed E-state index contributed by atoms with van der Waals surface area (Å²) in [7, 11) is 0. The summed E-state index contributed by atoms with van der Waals surface area (Å²) in [5.74, 6) is 0.874. The molecule has 1 atom stereocenters. The number of para-hydroxylation sites is 1. The summed E-state index contributed by atoms with van der Waals surface area (Å²) in [4.78, 5) is 18.5. The van der Waals surface area contributed by atoms with Gasteiger partial charge >= 0.3 is 0 Å². The van der Waals surface area contributed by atoms with Crippen LogP contribution < -0.4 is 15.5 Å². The van der Waals surface area contributed by atoms with E-state index in [0.29, 0.717) is 32.7 Å². The number of carbonyl (C=O) groups is 1. The van der Waals surface area contributed by atoms with Crippen LogP contribution in [0.2, 0.25) is 0 Å². The molecule has 1 heterocycles. The number of aliphatic imine (C=N–C) groups is 1. The number of nitrogens with one attached hydrogen (secondary N) is 2. The van der Waals surface area contributed by atoms with E-state index in [1.807, 2.05) is 49.1 Å². The van der Waals surface area contributed by atoms with Crippen molar-refractivity contribution in [1.29, 1.82) is 0 Å². The molecule has 2 rings (SSSR count). The Bertz CT molecular complexity index is 519. The zero-order valence-corrected chi connectivity index (χ0v) is 13.9. The minimum Gasteiger partial charge on any atom is -0.380 e. The first-order valence-corrected chi connectivity index (χ1v) is 8.22. The summed E-state index contributed by atoms with van der Waals surface area (Å²) in [6, 6.07) is 9.83. The SMILES string of the molecule is CCNC(=NCCOCC)NC1CC(=O)N(c2ccccc2)C1. The topological polar surface area (TPSA) is 66.0 Å². The van der Waals surface area contributed by atoms with Crippen molar-refractivity contribution in [3.63, 3.8) is 0 Å². The van der Waals surface area contributed by atoms with Crippen LogP contribution in [-0.2, 0) is 9.53 Å². The predicted octanol–water partition coefficient (Wildman–Crippen LogP) is 1.38. The molecule has 1 aromatic carbocycles. The van der Waals surface area contributed by atoms with Crippen molar-refractivity contribution >= 4 is 17.6 Å². The van der Waals surface area contributed by atoms with Gasteiger partial charge < -0.3 is 20.3 Å². The molecule has 1 aliphatic heterocycles. The summed E-state index contributed by atoms with van der Waals surface area (Å²) >= 11 is 0. The Kier molecular flexibility index (Phi) is 6.87.